The molecule has 4 heteroatoms. The van der Waals surface area contributed by atoms with Crippen LogP contribution in [0.4, 0.5) is 14.5 Å². The number of benzene rings is 2. The van der Waals surface area contributed by atoms with Crippen LogP contribution in [0.2, 0.25) is 0 Å². The number of fused-ring (bicyclic) bond motifs is 1. The van der Waals surface area contributed by atoms with Gasteiger partial charge in [-0.15, -0.1) is 0 Å². The molecule has 0 fully saturated rings. The zero-order chi connectivity index (χ0) is 14.8. The summed E-state index contributed by atoms with van der Waals surface area (Å²) in [4.78, 5) is 4.52. The number of para-hydroxylation sites is 1. The third-order valence-electron chi connectivity index (χ3n) is 3.33. The monoisotopic (exact) mass is 284 g/mol. The summed E-state index contributed by atoms with van der Waals surface area (Å²) >= 11 is 0. The zero-order valence-corrected chi connectivity index (χ0v) is 11.5. The first-order chi connectivity index (χ1) is 10.1. The maximum Gasteiger partial charge on any atom is 0.159 e. The Morgan fingerprint density at radius 2 is 1.86 bits per heavy atom. The Morgan fingerprint density at radius 1 is 1.00 bits per heavy atom. The Kier molecular flexibility index (Phi) is 3.52. The number of anilines is 1. The van der Waals surface area contributed by atoms with E-state index < -0.39 is 11.6 Å². The fourth-order valence-corrected chi connectivity index (χ4v) is 2.23. The average molecular weight is 284 g/mol. The standard InChI is InChI=1S/C17H14F2N2/c1-11-5-7-13-3-2-4-16(17(13)21-11)20-10-12-6-8-14(18)15(19)9-12/h2-9,20H,10H2,1H3. The Balaban J connectivity index is 1.88. The van der Waals surface area contributed by atoms with E-state index in [9.17, 15) is 8.78 Å². The van der Waals surface area contributed by atoms with Gasteiger partial charge in [0, 0.05) is 17.6 Å². The molecule has 106 valence electrons. The quantitative estimate of drug-likeness (QED) is 0.769. The summed E-state index contributed by atoms with van der Waals surface area (Å²) in [6.07, 6.45) is 0. The molecule has 1 heterocycles. The number of nitrogens with zero attached hydrogens (tertiary/aromatic N) is 1. The van der Waals surface area contributed by atoms with Crippen LogP contribution >= 0.6 is 0 Å². The topological polar surface area (TPSA) is 24.9 Å². The summed E-state index contributed by atoms with van der Waals surface area (Å²) in [5, 5.41) is 4.26. The van der Waals surface area contributed by atoms with Crippen molar-refractivity contribution < 1.29 is 8.78 Å². The van der Waals surface area contributed by atoms with Crippen LogP contribution in [-0.4, -0.2) is 4.98 Å². The van der Waals surface area contributed by atoms with Crippen LogP contribution < -0.4 is 5.32 Å². The summed E-state index contributed by atoms with van der Waals surface area (Å²) in [7, 11) is 0. The molecule has 0 unspecified atom stereocenters. The van der Waals surface area contributed by atoms with E-state index in [4.69, 9.17) is 0 Å². The number of pyridine rings is 1. The number of hydrogen-bond acceptors (Lipinski definition) is 2. The Labute approximate surface area is 121 Å². The van der Waals surface area contributed by atoms with E-state index in [0.29, 0.717) is 12.1 Å². The SMILES string of the molecule is Cc1ccc2cccc(NCc3ccc(F)c(F)c3)c2n1. The van der Waals surface area contributed by atoms with Gasteiger partial charge in [0.05, 0.1) is 11.2 Å². The minimum Gasteiger partial charge on any atom is -0.379 e. The first-order valence-electron chi connectivity index (χ1n) is 6.68. The molecule has 0 aliphatic rings. The normalized spacial score (nSPS) is 10.8. The van der Waals surface area contributed by atoms with Crippen LogP contribution in [0.15, 0.2) is 48.5 Å². The fraction of sp³-hybridized carbons (Fsp3) is 0.118. The molecule has 0 amide bonds. The number of halogens is 2. The molecule has 2 nitrogen and oxygen atoms in total. The van der Waals surface area contributed by atoms with Gasteiger partial charge in [-0.2, -0.15) is 0 Å². The maximum absolute atomic E-state index is 13.2. The second kappa shape index (κ2) is 5.48. The van der Waals surface area contributed by atoms with E-state index >= 15 is 0 Å². The molecule has 3 aromatic rings. The van der Waals surface area contributed by atoms with E-state index in [1.165, 1.54) is 6.07 Å². The van der Waals surface area contributed by atoms with Crippen LogP contribution in [0.3, 0.4) is 0 Å². The second-order valence-electron chi connectivity index (χ2n) is 4.93. The molecular weight excluding hydrogens is 270 g/mol. The third-order valence-corrected chi connectivity index (χ3v) is 3.33. The van der Waals surface area contributed by atoms with Crippen molar-refractivity contribution in [2.45, 2.75) is 13.5 Å². The van der Waals surface area contributed by atoms with Crippen LogP contribution in [0, 0.1) is 18.6 Å². The van der Waals surface area contributed by atoms with Gasteiger partial charge in [0.25, 0.3) is 0 Å². The van der Waals surface area contributed by atoms with Crippen molar-refractivity contribution in [3.63, 3.8) is 0 Å². The van der Waals surface area contributed by atoms with Gasteiger partial charge in [-0.05, 0) is 36.8 Å². The van der Waals surface area contributed by atoms with Crippen molar-refractivity contribution in [2.75, 3.05) is 5.32 Å². The van der Waals surface area contributed by atoms with Crippen molar-refractivity contribution >= 4 is 16.6 Å². The van der Waals surface area contributed by atoms with E-state index in [0.717, 1.165) is 28.4 Å². The predicted octanol–water partition coefficient (Wildman–Crippen LogP) is 4.43. The highest BCUT2D eigenvalue weighted by Gasteiger charge is 2.05. The molecule has 2 aromatic carbocycles. The molecule has 0 aliphatic heterocycles. The molecule has 0 atom stereocenters. The number of hydrogen-bond donors (Lipinski definition) is 1. The maximum atomic E-state index is 13.2. The van der Waals surface area contributed by atoms with Gasteiger partial charge in [0.15, 0.2) is 11.6 Å². The lowest BCUT2D eigenvalue weighted by Crippen LogP contribution is -2.02. The molecule has 0 saturated carbocycles. The number of aryl methyl sites for hydroxylation is 1. The summed E-state index contributed by atoms with van der Waals surface area (Å²) < 4.78 is 26.1. The van der Waals surface area contributed by atoms with Crippen LogP contribution in [0.25, 0.3) is 10.9 Å². The van der Waals surface area contributed by atoms with Crippen molar-refractivity contribution in [1.29, 1.82) is 0 Å². The first kappa shape index (κ1) is 13.5. The van der Waals surface area contributed by atoms with Gasteiger partial charge in [0.2, 0.25) is 0 Å². The minimum absolute atomic E-state index is 0.409. The van der Waals surface area contributed by atoms with Crippen LogP contribution in [-0.2, 0) is 6.54 Å². The number of rotatable bonds is 3. The summed E-state index contributed by atoms with van der Waals surface area (Å²) in [5.74, 6) is -1.66. The second-order valence-corrected chi connectivity index (χ2v) is 4.93. The van der Waals surface area contributed by atoms with Crippen molar-refractivity contribution in [2.24, 2.45) is 0 Å². The molecule has 0 saturated heterocycles. The highest BCUT2D eigenvalue weighted by Crippen LogP contribution is 2.22. The van der Waals surface area contributed by atoms with Gasteiger partial charge >= 0.3 is 0 Å². The average Bonchev–Trinajstić information content (AvgIpc) is 2.48. The lowest BCUT2D eigenvalue weighted by Gasteiger charge is -2.10. The molecule has 1 N–H and O–H groups in total. The van der Waals surface area contributed by atoms with Gasteiger partial charge < -0.3 is 5.32 Å². The van der Waals surface area contributed by atoms with Gasteiger partial charge in [-0.3, -0.25) is 4.98 Å². The van der Waals surface area contributed by atoms with Gasteiger partial charge in [-0.25, -0.2) is 8.78 Å². The summed E-state index contributed by atoms with van der Waals surface area (Å²) in [6.45, 7) is 2.34. The van der Waals surface area contributed by atoms with Crippen LogP contribution in [0.1, 0.15) is 11.3 Å². The van der Waals surface area contributed by atoms with Crippen molar-refractivity contribution in [3.05, 3.63) is 71.4 Å². The van der Waals surface area contributed by atoms with Crippen LogP contribution in [0.5, 0.6) is 0 Å². The number of nitrogens with one attached hydrogen (secondary N) is 1. The Hall–Kier alpha value is -2.49. The van der Waals surface area contributed by atoms with Gasteiger partial charge in [0.1, 0.15) is 0 Å². The highest BCUT2D eigenvalue weighted by atomic mass is 19.2. The molecular formula is C17H14F2N2. The van der Waals surface area contributed by atoms with E-state index in [-0.39, 0.29) is 0 Å². The molecule has 1 aromatic heterocycles. The Bertz CT molecular complexity index is 800. The lowest BCUT2D eigenvalue weighted by molar-refractivity contribution is 0.507. The molecule has 3 rings (SSSR count). The molecule has 0 aliphatic carbocycles. The van der Waals surface area contributed by atoms with E-state index in [1.807, 2.05) is 37.3 Å². The highest BCUT2D eigenvalue weighted by molar-refractivity contribution is 5.90. The molecule has 0 spiro atoms. The molecule has 0 radical (unpaired) electrons. The summed E-state index contributed by atoms with van der Waals surface area (Å²) in [5.41, 5.74) is 3.36. The largest absolute Gasteiger partial charge is 0.379 e. The third kappa shape index (κ3) is 2.84. The lowest BCUT2D eigenvalue weighted by atomic mass is 10.1. The Morgan fingerprint density at radius 3 is 2.67 bits per heavy atom. The zero-order valence-electron chi connectivity index (χ0n) is 11.5. The minimum atomic E-state index is -0.832. The molecule has 21 heavy (non-hydrogen) atoms. The molecule has 0 bridgehead atoms. The fourth-order valence-electron chi connectivity index (χ4n) is 2.23. The van der Waals surface area contributed by atoms with Crippen molar-refractivity contribution in [3.8, 4) is 0 Å². The predicted molar refractivity (Wildman–Crippen MR) is 80.2 cm³/mol. The summed E-state index contributed by atoms with van der Waals surface area (Å²) in [6, 6.07) is 13.7. The van der Waals surface area contributed by atoms with Crippen molar-refractivity contribution in [1.82, 2.24) is 4.98 Å². The number of aromatic nitrogens is 1. The first-order valence-corrected chi connectivity index (χ1v) is 6.68. The smallest absolute Gasteiger partial charge is 0.159 e. The van der Waals surface area contributed by atoms with E-state index in [1.54, 1.807) is 6.07 Å². The van der Waals surface area contributed by atoms with E-state index in [2.05, 4.69) is 10.3 Å². The van der Waals surface area contributed by atoms with Gasteiger partial charge in [-0.1, -0.05) is 24.3 Å².